The van der Waals surface area contributed by atoms with Crippen molar-refractivity contribution in [2.24, 2.45) is 0 Å². The van der Waals surface area contributed by atoms with Gasteiger partial charge in [0.05, 0.1) is 0 Å². The van der Waals surface area contributed by atoms with E-state index in [-0.39, 0.29) is 11.2 Å². The van der Waals surface area contributed by atoms with Crippen LogP contribution in [0.1, 0.15) is 48.7 Å². The zero-order valence-electron chi connectivity index (χ0n) is 11.7. The Kier molecular flexibility index (Phi) is 2.60. The van der Waals surface area contributed by atoms with Crippen molar-refractivity contribution in [1.82, 2.24) is 0 Å². The molecule has 0 unspecified atom stereocenters. The van der Waals surface area contributed by atoms with Crippen LogP contribution in [0.2, 0.25) is 0 Å². The van der Waals surface area contributed by atoms with Crippen LogP contribution in [-0.4, -0.2) is 5.78 Å². The van der Waals surface area contributed by atoms with Gasteiger partial charge in [0.2, 0.25) is 0 Å². The Morgan fingerprint density at radius 2 is 1.53 bits per heavy atom. The first-order valence-corrected chi connectivity index (χ1v) is 6.83. The minimum absolute atomic E-state index is 0.148. The molecule has 0 N–H and O–H groups in total. The molecular weight excluding hydrogens is 232 g/mol. The zero-order chi connectivity index (χ0) is 13.6. The van der Waals surface area contributed by atoms with Gasteiger partial charge in [0.15, 0.2) is 5.78 Å². The van der Waals surface area contributed by atoms with Crippen LogP contribution in [0.15, 0.2) is 42.5 Å². The average Bonchev–Trinajstić information content (AvgIpc) is 2.73. The van der Waals surface area contributed by atoms with E-state index in [1.807, 2.05) is 30.3 Å². The van der Waals surface area contributed by atoms with Crippen molar-refractivity contribution in [2.75, 3.05) is 0 Å². The molecule has 0 atom stereocenters. The summed E-state index contributed by atoms with van der Waals surface area (Å²) < 4.78 is 0. The molecule has 1 aliphatic rings. The summed E-state index contributed by atoms with van der Waals surface area (Å²) in [5.41, 5.74) is 5.31. The number of carbonyl (C=O) groups excluding carboxylic acids is 1. The molecule has 0 saturated carbocycles. The highest BCUT2D eigenvalue weighted by atomic mass is 16.1. The Morgan fingerprint density at radius 1 is 0.895 bits per heavy atom. The molecule has 2 aromatic rings. The lowest BCUT2D eigenvalue weighted by molar-refractivity contribution is 0.104. The monoisotopic (exact) mass is 250 g/mol. The minimum Gasteiger partial charge on any atom is -0.289 e. The quantitative estimate of drug-likeness (QED) is 0.650. The Labute approximate surface area is 114 Å². The molecule has 0 amide bonds. The van der Waals surface area contributed by atoms with Gasteiger partial charge >= 0.3 is 0 Å². The van der Waals surface area contributed by atoms with Crippen LogP contribution in [0.25, 0.3) is 11.1 Å². The highest BCUT2D eigenvalue weighted by Gasteiger charge is 2.28. The van der Waals surface area contributed by atoms with E-state index < -0.39 is 0 Å². The molecule has 0 aliphatic heterocycles. The van der Waals surface area contributed by atoms with Crippen LogP contribution in [0, 0.1) is 0 Å². The van der Waals surface area contributed by atoms with E-state index in [2.05, 4.69) is 32.9 Å². The molecule has 19 heavy (non-hydrogen) atoms. The molecule has 1 nitrogen and oxygen atoms in total. The van der Waals surface area contributed by atoms with E-state index in [1.165, 1.54) is 5.56 Å². The lowest BCUT2D eigenvalue weighted by atomic mass is 9.81. The topological polar surface area (TPSA) is 17.1 Å². The lowest BCUT2D eigenvalue weighted by Crippen LogP contribution is -2.15. The number of ketones is 1. The number of hydrogen-bond acceptors (Lipinski definition) is 1. The van der Waals surface area contributed by atoms with Gasteiger partial charge in [-0.1, -0.05) is 57.2 Å². The minimum atomic E-state index is 0.148. The Morgan fingerprint density at radius 3 is 2.21 bits per heavy atom. The summed E-state index contributed by atoms with van der Waals surface area (Å²) in [6.45, 7) is 6.70. The first-order chi connectivity index (χ1) is 9.04. The maximum Gasteiger partial charge on any atom is 0.194 e. The van der Waals surface area contributed by atoms with Crippen molar-refractivity contribution in [2.45, 2.75) is 32.6 Å². The Bertz CT molecular complexity index is 665. The van der Waals surface area contributed by atoms with Crippen LogP contribution >= 0.6 is 0 Å². The molecule has 0 saturated heterocycles. The smallest absolute Gasteiger partial charge is 0.194 e. The first-order valence-electron chi connectivity index (χ1n) is 6.83. The third-order valence-electron chi connectivity index (χ3n) is 4.39. The van der Waals surface area contributed by atoms with E-state index in [4.69, 9.17) is 0 Å². The first kappa shape index (κ1) is 12.2. The molecule has 1 aliphatic carbocycles. The molecular formula is C18H18O. The van der Waals surface area contributed by atoms with E-state index >= 15 is 0 Å². The second kappa shape index (κ2) is 4.06. The second-order valence-electron chi connectivity index (χ2n) is 5.87. The summed E-state index contributed by atoms with van der Waals surface area (Å²) in [7, 11) is 0. The number of fused-ring (bicyclic) bond motifs is 3. The standard InChI is InChI=1S/C18H18O/c1-4-18(2,3)12-9-10-15-16(11-12)13-7-5-6-8-14(13)17(15)19/h5-11H,4H2,1-3H3. The molecule has 0 aromatic heterocycles. The molecule has 0 bridgehead atoms. The van der Waals surface area contributed by atoms with Crippen LogP contribution in [0.5, 0.6) is 0 Å². The van der Waals surface area contributed by atoms with Gasteiger partial charge in [0.25, 0.3) is 0 Å². The molecule has 96 valence electrons. The normalized spacial score (nSPS) is 13.3. The second-order valence-corrected chi connectivity index (χ2v) is 5.87. The predicted molar refractivity (Wildman–Crippen MR) is 78.6 cm³/mol. The maximum atomic E-state index is 12.3. The van der Waals surface area contributed by atoms with Gasteiger partial charge in [0.1, 0.15) is 0 Å². The molecule has 3 rings (SSSR count). The van der Waals surface area contributed by atoms with Gasteiger partial charge in [-0.3, -0.25) is 4.79 Å². The fourth-order valence-electron chi connectivity index (χ4n) is 2.65. The molecule has 0 heterocycles. The van der Waals surface area contributed by atoms with Crippen LogP contribution < -0.4 is 0 Å². The SMILES string of the molecule is CCC(C)(C)c1ccc2c(c1)-c1ccccc1C2=O. The highest BCUT2D eigenvalue weighted by Crippen LogP contribution is 2.39. The lowest BCUT2D eigenvalue weighted by Gasteiger charge is -2.24. The summed E-state index contributed by atoms with van der Waals surface area (Å²) in [6, 6.07) is 14.2. The third-order valence-corrected chi connectivity index (χ3v) is 4.39. The van der Waals surface area contributed by atoms with E-state index in [0.29, 0.717) is 0 Å². The van der Waals surface area contributed by atoms with E-state index in [0.717, 1.165) is 28.7 Å². The predicted octanol–water partition coefficient (Wildman–Crippen LogP) is 4.59. The van der Waals surface area contributed by atoms with Gasteiger partial charge in [-0.05, 0) is 34.6 Å². The van der Waals surface area contributed by atoms with E-state index in [9.17, 15) is 4.79 Å². The van der Waals surface area contributed by atoms with Gasteiger partial charge in [0, 0.05) is 11.1 Å². The summed E-state index contributed by atoms with van der Waals surface area (Å²) in [5.74, 6) is 0.159. The largest absolute Gasteiger partial charge is 0.289 e. The average molecular weight is 250 g/mol. The Balaban J connectivity index is 2.22. The number of hydrogen-bond donors (Lipinski definition) is 0. The van der Waals surface area contributed by atoms with Crippen molar-refractivity contribution in [3.05, 3.63) is 59.2 Å². The van der Waals surface area contributed by atoms with Crippen LogP contribution in [0.4, 0.5) is 0 Å². The van der Waals surface area contributed by atoms with Crippen molar-refractivity contribution in [3.8, 4) is 11.1 Å². The number of rotatable bonds is 2. The summed E-state index contributed by atoms with van der Waals surface area (Å²) in [5, 5.41) is 0. The molecule has 1 heteroatoms. The third kappa shape index (κ3) is 1.73. The molecule has 2 aromatic carbocycles. The van der Waals surface area contributed by atoms with Crippen LogP contribution in [-0.2, 0) is 5.41 Å². The number of carbonyl (C=O) groups is 1. The van der Waals surface area contributed by atoms with Gasteiger partial charge < -0.3 is 0 Å². The van der Waals surface area contributed by atoms with Crippen molar-refractivity contribution in [3.63, 3.8) is 0 Å². The van der Waals surface area contributed by atoms with Crippen LogP contribution in [0.3, 0.4) is 0 Å². The van der Waals surface area contributed by atoms with Gasteiger partial charge in [-0.15, -0.1) is 0 Å². The maximum absolute atomic E-state index is 12.3. The molecule has 0 radical (unpaired) electrons. The zero-order valence-corrected chi connectivity index (χ0v) is 11.7. The molecule has 0 spiro atoms. The number of benzene rings is 2. The molecule has 0 fully saturated rings. The summed E-state index contributed by atoms with van der Waals surface area (Å²) in [6.07, 6.45) is 1.08. The fraction of sp³-hybridized carbons (Fsp3) is 0.278. The highest BCUT2D eigenvalue weighted by molar-refractivity contribution is 6.21. The van der Waals surface area contributed by atoms with Gasteiger partial charge in [-0.2, -0.15) is 0 Å². The summed E-state index contributed by atoms with van der Waals surface area (Å²) >= 11 is 0. The summed E-state index contributed by atoms with van der Waals surface area (Å²) in [4.78, 5) is 12.3. The van der Waals surface area contributed by atoms with E-state index in [1.54, 1.807) is 0 Å². The van der Waals surface area contributed by atoms with Crippen molar-refractivity contribution in [1.29, 1.82) is 0 Å². The van der Waals surface area contributed by atoms with Crippen molar-refractivity contribution < 1.29 is 4.79 Å². The van der Waals surface area contributed by atoms with Gasteiger partial charge in [-0.25, -0.2) is 0 Å². The fourth-order valence-corrected chi connectivity index (χ4v) is 2.65. The Hall–Kier alpha value is -1.89. The van der Waals surface area contributed by atoms with Crippen molar-refractivity contribution >= 4 is 5.78 Å².